The molecule has 0 aliphatic rings. The van der Waals surface area contributed by atoms with Gasteiger partial charge in [-0.05, 0) is 24.3 Å². The maximum atomic E-state index is 13.2. The summed E-state index contributed by atoms with van der Waals surface area (Å²) >= 11 is 1.28. The Labute approximate surface area is 178 Å². The summed E-state index contributed by atoms with van der Waals surface area (Å²) in [5.74, 6) is -0.900. The zero-order valence-electron chi connectivity index (χ0n) is 16.2. The molecule has 2 heterocycles. The van der Waals surface area contributed by atoms with Gasteiger partial charge in [0, 0.05) is 17.0 Å². The molecule has 1 amide bonds. The Hall–Kier alpha value is -4.06. The lowest BCUT2D eigenvalue weighted by molar-refractivity contribution is -0.385. The summed E-state index contributed by atoms with van der Waals surface area (Å²) in [4.78, 5) is 28.2. The highest BCUT2D eigenvalue weighted by Gasteiger charge is 2.25. The second-order valence-electron chi connectivity index (χ2n) is 6.19. The highest BCUT2D eigenvalue weighted by molar-refractivity contribution is 7.15. The van der Waals surface area contributed by atoms with Crippen LogP contribution >= 0.6 is 11.3 Å². The van der Waals surface area contributed by atoms with Crippen molar-refractivity contribution in [3.05, 3.63) is 63.3 Å². The quantitative estimate of drug-likeness (QED) is 0.356. The predicted octanol–water partition coefficient (Wildman–Crippen LogP) is 3.77. The van der Waals surface area contributed by atoms with Gasteiger partial charge in [-0.1, -0.05) is 0 Å². The van der Waals surface area contributed by atoms with Crippen LogP contribution in [-0.2, 0) is 0 Å². The number of hydrogen-bond donors (Lipinski definition) is 1. The molecule has 2 aromatic heterocycles. The molecule has 2 aromatic carbocycles. The Morgan fingerprint density at radius 3 is 2.52 bits per heavy atom. The molecule has 0 atom stereocenters. The van der Waals surface area contributed by atoms with E-state index >= 15 is 0 Å². The lowest BCUT2D eigenvalue weighted by Gasteiger charge is -2.10. The standard InChI is InChI=1S/C19H14FN5O5S/c1-29-15-7-12(13(25(27)28)8-16(15)30-2)17(26)21-18-22-19-24(23-18)14(9-31-19)10-3-5-11(20)6-4-10/h3-9H,1-2H3,(H,21,23,26). The molecule has 0 aliphatic heterocycles. The number of anilines is 1. The van der Waals surface area contributed by atoms with E-state index in [0.29, 0.717) is 16.2 Å². The van der Waals surface area contributed by atoms with Crippen LogP contribution in [0.3, 0.4) is 0 Å². The molecule has 0 unspecified atom stereocenters. The maximum absolute atomic E-state index is 13.2. The van der Waals surface area contributed by atoms with E-state index in [1.165, 1.54) is 48.3 Å². The average Bonchev–Trinajstić information content (AvgIpc) is 3.33. The molecule has 0 saturated carbocycles. The van der Waals surface area contributed by atoms with Gasteiger partial charge in [0.2, 0.25) is 4.96 Å². The van der Waals surface area contributed by atoms with Gasteiger partial charge >= 0.3 is 0 Å². The number of ether oxygens (including phenoxy) is 2. The van der Waals surface area contributed by atoms with Gasteiger partial charge in [0.25, 0.3) is 17.5 Å². The summed E-state index contributed by atoms with van der Waals surface area (Å²) in [5, 5.41) is 20.0. The Morgan fingerprint density at radius 2 is 1.87 bits per heavy atom. The first-order valence-corrected chi connectivity index (χ1v) is 9.61. The molecule has 0 radical (unpaired) electrons. The van der Waals surface area contributed by atoms with Crippen LogP contribution in [-0.4, -0.2) is 39.6 Å². The van der Waals surface area contributed by atoms with E-state index in [1.54, 1.807) is 17.5 Å². The number of nitrogens with zero attached hydrogens (tertiary/aromatic N) is 4. The van der Waals surface area contributed by atoms with E-state index in [9.17, 15) is 19.3 Å². The fourth-order valence-corrected chi connectivity index (χ4v) is 3.75. The van der Waals surface area contributed by atoms with Crippen molar-refractivity contribution in [3.63, 3.8) is 0 Å². The van der Waals surface area contributed by atoms with Gasteiger partial charge in [-0.15, -0.1) is 16.4 Å². The van der Waals surface area contributed by atoms with E-state index in [1.807, 2.05) is 0 Å². The summed E-state index contributed by atoms with van der Waals surface area (Å²) in [6.07, 6.45) is 0. The summed E-state index contributed by atoms with van der Waals surface area (Å²) < 4.78 is 24.9. The number of nitrogens with one attached hydrogen (secondary N) is 1. The maximum Gasteiger partial charge on any atom is 0.286 e. The number of carbonyl (C=O) groups is 1. The van der Waals surface area contributed by atoms with Crippen molar-refractivity contribution < 1.29 is 23.6 Å². The smallest absolute Gasteiger partial charge is 0.286 e. The largest absolute Gasteiger partial charge is 0.493 e. The second-order valence-corrected chi connectivity index (χ2v) is 7.03. The first kappa shape index (κ1) is 20.2. The van der Waals surface area contributed by atoms with Crippen molar-refractivity contribution >= 4 is 33.8 Å². The topological polar surface area (TPSA) is 121 Å². The Bertz CT molecular complexity index is 1300. The molecule has 0 fully saturated rings. The molecule has 4 aromatic rings. The van der Waals surface area contributed by atoms with Crippen molar-refractivity contribution in [2.45, 2.75) is 0 Å². The molecule has 0 aliphatic carbocycles. The molecule has 12 heteroatoms. The number of halogens is 1. The first-order valence-electron chi connectivity index (χ1n) is 8.73. The number of rotatable bonds is 6. The van der Waals surface area contributed by atoms with Gasteiger partial charge in [0.05, 0.1) is 30.9 Å². The van der Waals surface area contributed by atoms with Crippen molar-refractivity contribution in [1.29, 1.82) is 0 Å². The van der Waals surface area contributed by atoms with Crippen molar-refractivity contribution in [1.82, 2.24) is 14.6 Å². The fraction of sp³-hybridized carbons (Fsp3) is 0.105. The summed E-state index contributed by atoms with van der Waals surface area (Å²) in [5.41, 5.74) is 0.679. The van der Waals surface area contributed by atoms with Gasteiger partial charge in [-0.2, -0.15) is 4.98 Å². The Morgan fingerprint density at radius 1 is 1.19 bits per heavy atom. The fourth-order valence-electron chi connectivity index (χ4n) is 2.92. The number of carbonyl (C=O) groups excluding carboxylic acids is 1. The van der Waals surface area contributed by atoms with Crippen LogP contribution in [0.2, 0.25) is 0 Å². The molecule has 0 bridgehead atoms. The lowest BCUT2D eigenvalue weighted by Crippen LogP contribution is -2.15. The second kappa shape index (κ2) is 7.99. The van der Waals surface area contributed by atoms with Gasteiger partial charge in [-0.25, -0.2) is 8.91 Å². The number of aromatic nitrogens is 3. The summed E-state index contributed by atoms with van der Waals surface area (Å²) in [6.45, 7) is 0. The van der Waals surface area contributed by atoms with Crippen LogP contribution in [0.5, 0.6) is 11.5 Å². The zero-order valence-corrected chi connectivity index (χ0v) is 17.0. The van der Waals surface area contributed by atoms with E-state index in [-0.39, 0.29) is 28.8 Å². The third-order valence-electron chi connectivity index (χ3n) is 4.39. The number of methoxy groups -OCH3 is 2. The lowest BCUT2D eigenvalue weighted by atomic mass is 10.1. The molecular weight excluding hydrogens is 429 g/mol. The normalized spacial score (nSPS) is 10.8. The van der Waals surface area contributed by atoms with Gasteiger partial charge < -0.3 is 9.47 Å². The SMILES string of the molecule is COc1cc(C(=O)Nc2nc3scc(-c4ccc(F)cc4)n3n2)c([N+](=O)[O-])cc1OC. The Kier molecular flexibility index (Phi) is 5.21. The molecular formula is C19H14FN5O5S. The van der Waals surface area contributed by atoms with Crippen LogP contribution in [0.15, 0.2) is 41.8 Å². The monoisotopic (exact) mass is 443 g/mol. The molecule has 4 rings (SSSR count). The molecule has 0 spiro atoms. The molecule has 31 heavy (non-hydrogen) atoms. The van der Waals surface area contributed by atoms with Crippen LogP contribution in [0.1, 0.15) is 10.4 Å². The van der Waals surface area contributed by atoms with E-state index in [4.69, 9.17) is 9.47 Å². The zero-order chi connectivity index (χ0) is 22.1. The molecule has 1 N–H and O–H groups in total. The molecule has 0 saturated heterocycles. The van der Waals surface area contributed by atoms with Crippen molar-refractivity contribution in [2.75, 3.05) is 19.5 Å². The van der Waals surface area contributed by atoms with Crippen LogP contribution < -0.4 is 14.8 Å². The Balaban J connectivity index is 1.67. The predicted molar refractivity (Wildman–Crippen MR) is 110 cm³/mol. The average molecular weight is 443 g/mol. The van der Waals surface area contributed by atoms with Crippen LogP contribution in [0.4, 0.5) is 16.0 Å². The molecule has 10 nitrogen and oxygen atoms in total. The number of hydrogen-bond acceptors (Lipinski definition) is 8. The minimum atomic E-state index is -0.783. The highest BCUT2D eigenvalue weighted by atomic mass is 32.1. The van der Waals surface area contributed by atoms with Gasteiger partial charge in [-0.3, -0.25) is 20.2 Å². The summed E-state index contributed by atoms with van der Waals surface area (Å²) in [6, 6.07) is 8.19. The minimum absolute atomic E-state index is 0.0377. The number of thiazole rings is 1. The number of benzene rings is 2. The molecule has 158 valence electrons. The van der Waals surface area contributed by atoms with Crippen LogP contribution in [0, 0.1) is 15.9 Å². The van der Waals surface area contributed by atoms with Crippen molar-refractivity contribution in [3.8, 4) is 22.8 Å². The van der Waals surface area contributed by atoms with Crippen LogP contribution in [0.25, 0.3) is 16.2 Å². The van der Waals surface area contributed by atoms with Crippen molar-refractivity contribution in [2.24, 2.45) is 0 Å². The third kappa shape index (κ3) is 3.75. The van der Waals surface area contributed by atoms with Gasteiger partial charge in [0.15, 0.2) is 11.5 Å². The summed E-state index contributed by atoms with van der Waals surface area (Å²) in [7, 11) is 2.69. The minimum Gasteiger partial charge on any atom is -0.493 e. The number of nitro groups is 1. The number of amides is 1. The van der Waals surface area contributed by atoms with E-state index in [2.05, 4.69) is 15.4 Å². The first-order chi connectivity index (χ1) is 14.9. The highest BCUT2D eigenvalue weighted by Crippen LogP contribution is 2.35. The van der Waals surface area contributed by atoms with E-state index in [0.717, 1.165) is 6.07 Å². The van der Waals surface area contributed by atoms with Gasteiger partial charge in [0.1, 0.15) is 11.4 Å². The number of nitro benzene ring substituents is 1. The third-order valence-corrected chi connectivity index (χ3v) is 5.21. The van der Waals surface area contributed by atoms with E-state index < -0.39 is 16.5 Å². The number of fused-ring (bicyclic) bond motifs is 1.